The summed E-state index contributed by atoms with van der Waals surface area (Å²) < 4.78 is 0. The molecule has 3 aromatic heterocycles. The maximum Gasteiger partial charge on any atom is 0.348 e. The Kier molecular flexibility index (Phi) is 4.97. The molecular formula is C20H21N3O2S2. The highest BCUT2D eigenvalue weighted by Gasteiger charge is 2.22. The van der Waals surface area contributed by atoms with Crippen molar-refractivity contribution in [1.29, 1.82) is 0 Å². The lowest BCUT2D eigenvalue weighted by Gasteiger charge is -2.28. The number of carboxylic acids is 1. The molecule has 0 bridgehead atoms. The summed E-state index contributed by atoms with van der Waals surface area (Å²) in [5, 5.41) is 12.6. The number of nitrogens with zero attached hydrogens (tertiary/aromatic N) is 3. The third-order valence-electron chi connectivity index (χ3n) is 4.89. The Hall–Kier alpha value is -2.25. The monoisotopic (exact) mass is 399 g/mol. The van der Waals surface area contributed by atoms with Gasteiger partial charge in [-0.15, -0.1) is 22.7 Å². The molecule has 0 spiro atoms. The summed E-state index contributed by atoms with van der Waals surface area (Å²) in [6.07, 6.45) is 3.57. The molecule has 1 N–H and O–H groups in total. The summed E-state index contributed by atoms with van der Waals surface area (Å²) in [4.78, 5) is 25.7. The van der Waals surface area contributed by atoms with Gasteiger partial charge >= 0.3 is 5.97 Å². The Morgan fingerprint density at radius 2 is 2.07 bits per heavy atom. The number of aryl methyl sites for hydroxylation is 1. The van der Waals surface area contributed by atoms with Gasteiger partial charge in [0.2, 0.25) is 0 Å². The minimum Gasteiger partial charge on any atom is -0.477 e. The Morgan fingerprint density at radius 1 is 1.30 bits per heavy atom. The quantitative estimate of drug-likeness (QED) is 0.462. The topological polar surface area (TPSA) is 65.8 Å². The Morgan fingerprint density at radius 3 is 2.74 bits per heavy atom. The second kappa shape index (κ2) is 7.40. The molecule has 1 fully saturated rings. The van der Waals surface area contributed by atoms with Crippen molar-refractivity contribution in [3.8, 4) is 10.6 Å². The fourth-order valence-electron chi connectivity index (χ4n) is 3.52. The van der Waals surface area contributed by atoms with Crippen molar-refractivity contribution in [1.82, 2.24) is 9.88 Å². The number of hydrogen-bond donors (Lipinski definition) is 1. The molecule has 1 aliphatic rings. The largest absolute Gasteiger partial charge is 0.477 e. The third kappa shape index (κ3) is 3.49. The fraction of sp³-hybridized carbons (Fsp3) is 0.350. The predicted molar refractivity (Wildman–Crippen MR) is 113 cm³/mol. The number of aromatic carboxylic acids is 1. The van der Waals surface area contributed by atoms with Crippen molar-refractivity contribution in [3.05, 3.63) is 34.0 Å². The van der Waals surface area contributed by atoms with Crippen LogP contribution in [0.3, 0.4) is 0 Å². The highest BCUT2D eigenvalue weighted by atomic mass is 32.1. The third-order valence-corrected chi connectivity index (χ3v) is 6.84. The molecule has 0 radical (unpaired) electrons. The molecule has 7 heteroatoms. The van der Waals surface area contributed by atoms with Crippen molar-refractivity contribution in [2.24, 2.45) is 4.99 Å². The first-order chi connectivity index (χ1) is 13.0. The molecular weight excluding hydrogens is 378 g/mol. The Bertz CT molecular complexity index is 1020. The lowest BCUT2D eigenvalue weighted by Crippen LogP contribution is -2.33. The van der Waals surface area contributed by atoms with E-state index in [-0.39, 0.29) is 4.88 Å². The molecule has 0 aliphatic carbocycles. The summed E-state index contributed by atoms with van der Waals surface area (Å²) in [5.74, 6) is -0.0566. The van der Waals surface area contributed by atoms with Crippen LogP contribution in [0.15, 0.2) is 28.6 Å². The second-order valence-electron chi connectivity index (χ2n) is 6.77. The molecule has 27 heavy (non-hydrogen) atoms. The number of piperidine rings is 1. The van der Waals surface area contributed by atoms with E-state index in [2.05, 4.69) is 4.90 Å². The number of pyridine rings is 1. The van der Waals surface area contributed by atoms with E-state index in [1.807, 2.05) is 37.4 Å². The first-order valence-corrected chi connectivity index (χ1v) is 10.8. The van der Waals surface area contributed by atoms with Crippen LogP contribution in [0, 0.1) is 6.92 Å². The first-order valence-electron chi connectivity index (χ1n) is 9.06. The molecule has 0 amide bonds. The van der Waals surface area contributed by atoms with E-state index in [1.165, 1.54) is 17.8 Å². The van der Waals surface area contributed by atoms with Gasteiger partial charge in [-0.05, 0) is 56.2 Å². The van der Waals surface area contributed by atoms with Gasteiger partial charge in [0, 0.05) is 18.5 Å². The lowest BCUT2D eigenvalue weighted by molar-refractivity contribution is 0.0703. The summed E-state index contributed by atoms with van der Waals surface area (Å²) in [7, 11) is 0. The number of aromatic nitrogens is 1. The van der Waals surface area contributed by atoms with E-state index in [9.17, 15) is 9.90 Å². The number of carboxylic acid groups (broad SMARTS) is 1. The van der Waals surface area contributed by atoms with Gasteiger partial charge in [-0.25, -0.2) is 14.8 Å². The van der Waals surface area contributed by atoms with Crippen LogP contribution in [-0.2, 0) is 0 Å². The van der Waals surface area contributed by atoms with Crippen molar-refractivity contribution in [2.45, 2.75) is 33.1 Å². The van der Waals surface area contributed by atoms with Crippen LogP contribution in [0.4, 0.5) is 5.69 Å². The highest BCUT2D eigenvalue weighted by Crippen LogP contribution is 2.41. The number of aliphatic imine (C=N–C) groups is 1. The van der Waals surface area contributed by atoms with Gasteiger partial charge in [0.1, 0.15) is 21.2 Å². The molecule has 4 rings (SSSR count). The zero-order valence-corrected chi connectivity index (χ0v) is 17.0. The van der Waals surface area contributed by atoms with Crippen molar-refractivity contribution < 1.29 is 9.90 Å². The van der Waals surface area contributed by atoms with E-state index in [0.717, 1.165) is 58.1 Å². The number of carbonyl (C=O) groups is 1. The summed E-state index contributed by atoms with van der Waals surface area (Å²) in [6, 6.07) is 6.06. The molecule has 0 atom stereocenters. The SMILES string of the molecule is CC(=Nc1c(C(=O)O)sc2nc(-c3cccs3)cc(C)c12)N1CCCCC1. The average Bonchev–Trinajstić information content (AvgIpc) is 3.31. The maximum absolute atomic E-state index is 11.9. The Balaban J connectivity index is 1.85. The summed E-state index contributed by atoms with van der Waals surface area (Å²) in [5.41, 5.74) is 2.45. The highest BCUT2D eigenvalue weighted by molar-refractivity contribution is 7.21. The Labute approximate surface area is 166 Å². The van der Waals surface area contributed by atoms with Crippen LogP contribution in [-0.4, -0.2) is 39.9 Å². The molecule has 0 aromatic carbocycles. The zero-order valence-electron chi connectivity index (χ0n) is 15.4. The number of hydrogen-bond acceptors (Lipinski definition) is 5. The number of thiophene rings is 2. The average molecular weight is 400 g/mol. The van der Waals surface area contributed by atoms with Gasteiger partial charge in [0.25, 0.3) is 0 Å². The smallest absolute Gasteiger partial charge is 0.348 e. The maximum atomic E-state index is 11.9. The molecule has 1 aliphatic heterocycles. The van der Waals surface area contributed by atoms with Gasteiger partial charge in [-0.3, -0.25) is 0 Å². The molecule has 0 unspecified atom stereocenters. The van der Waals surface area contributed by atoms with Crippen LogP contribution < -0.4 is 0 Å². The summed E-state index contributed by atoms with van der Waals surface area (Å²) in [6.45, 7) is 5.96. The molecule has 1 saturated heterocycles. The van der Waals surface area contributed by atoms with E-state index >= 15 is 0 Å². The predicted octanol–water partition coefficient (Wildman–Crippen LogP) is 5.57. The fourth-order valence-corrected chi connectivity index (χ4v) is 5.23. The van der Waals surface area contributed by atoms with E-state index in [1.54, 1.807) is 11.3 Å². The van der Waals surface area contributed by atoms with Crippen molar-refractivity contribution in [2.75, 3.05) is 13.1 Å². The van der Waals surface area contributed by atoms with Crippen LogP contribution in [0.2, 0.25) is 0 Å². The normalized spacial score (nSPS) is 15.5. The number of fused-ring (bicyclic) bond motifs is 1. The second-order valence-corrected chi connectivity index (χ2v) is 8.72. The van der Waals surface area contributed by atoms with Crippen LogP contribution >= 0.6 is 22.7 Å². The first kappa shape index (κ1) is 18.1. The van der Waals surface area contributed by atoms with E-state index in [4.69, 9.17) is 9.98 Å². The van der Waals surface area contributed by atoms with Gasteiger partial charge in [0.05, 0.1) is 10.6 Å². The van der Waals surface area contributed by atoms with Gasteiger partial charge in [0.15, 0.2) is 0 Å². The minimum absolute atomic E-state index is 0.264. The molecule has 4 heterocycles. The van der Waals surface area contributed by atoms with Gasteiger partial charge < -0.3 is 10.0 Å². The molecule has 5 nitrogen and oxygen atoms in total. The van der Waals surface area contributed by atoms with Gasteiger partial charge in [-0.1, -0.05) is 6.07 Å². The van der Waals surface area contributed by atoms with Gasteiger partial charge in [-0.2, -0.15) is 0 Å². The van der Waals surface area contributed by atoms with Crippen LogP contribution in [0.5, 0.6) is 0 Å². The number of rotatable bonds is 3. The standard InChI is InChI=1S/C20H21N3O2S2/c1-12-11-14(15-7-6-10-26-15)22-19-16(12)17(18(27-19)20(24)25)21-13(2)23-8-4-3-5-9-23/h6-7,10-11H,3-5,8-9H2,1-2H3,(H,24,25). The number of amidine groups is 1. The molecule has 140 valence electrons. The van der Waals surface area contributed by atoms with Crippen LogP contribution in [0.1, 0.15) is 41.4 Å². The van der Waals surface area contributed by atoms with E-state index < -0.39 is 5.97 Å². The lowest BCUT2D eigenvalue weighted by atomic mass is 10.1. The van der Waals surface area contributed by atoms with Crippen molar-refractivity contribution >= 4 is 50.4 Å². The zero-order chi connectivity index (χ0) is 19.0. The number of likely N-dealkylation sites (tertiary alicyclic amines) is 1. The molecule has 0 saturated carbocycles. The minimum atomic E-state index is -0.944. The van der Waals surface area contributed by atoms with Crippen LogP contribution in [0.25, 0.3) is 20.8 Å². The summed E-state index contributed by atoms with van der Waals surface area (Å²) >= 11 is 2.85. The molecule has 3 aromatic rings. The van der Waals surface area contributed by atoms with E-state index in [0.29, 0.717) is 5.69 Å². The van der Waals surface area contributed by atoms with Crippen molar-refractivity contribution in [3.63, 3.8) is 0 Å².